The van der Waals surface area contributed by atoms with E-state index < -0.39 is 0 Å². The van der Waals surface area contributed by atoms with Crippen molar-refractivity contribution in [2.75, 3.05) is 6.54 Å². The molecule has 2 rings (SSSR count). The van der Waals surface area contributed by atoms with Crippen LogP contribution < -0.4 is 5.32 Å². The molecule has 0 aliphatic rings. The summed E-state index contributed by atoms with van der Waals surface area (Å²) >= 11 is 0. The molecule has 0 saturated carbocycles. The lowest BCUT2D eigenvalue weighted by Crippen LogP contribution is -2.23. The molecule has 0 aromatic carbocycles. The van der Waals surface area contributed by atoms with Crippen LogP contribution in [-0.4, -0.2) is 21.7 Å². The molecule has 0 amide bonds. The summed E-state index contributed by atoms with van der Waals surface area (Å²) in [7, 11) is 0. The fourth-order valence-corrected chi connectivity index (χ4v) is 1.55. The van der Waals surface area contributed by atoms with E-state index in [9.17, 15) is 0 Å². The number of nitrogens with zero attached hydrogens (tertiary/aromatic N) is 3. The van der Waals surface area contributed by atoms with E-state index in [-0.39, 0.29) is 6.04 Å². The van der Waals surface area contributed by atoms with Crippen molar-refractivity contribution in [3.63, 3.8) is 0 Å². The first kappa shape index (κ1) is 10.8. The van der Waals surface area contributed by atoms with Crippen LogP contribution in [0.1, 0.15) is 30.2 Å². The molecule has 0 aliphatic carbocycles. The lowest BCUT2D eigenvalue weighted by molar-refractivity contribution is 0.382. The van der Waals surface area contributed by atoms with Crippen molar-refractivity contribution < 1.29 is 4.52 Å². The number of rotatable bonds is 4. The number of aromatic nitrogens is 3. The molecule has 5 nitrogen and oxygen atoms in total. The smallest absolute Gasteiger partial charge is 0.223 e. The molecule has 1 N–H and O–H groups in total. The summed E-state index contributed by atoms with van der Waals surface area (Å²) in [6.45, 7) is 4.66. The molecule has 84 valence electrons. The number of hydrogen-bond donors (Lipinski definition) is 1. The Bertz CT molecular complexity index is 440. The van der Waals surface area contributed by atoms with Gasteiger partial charge in [0.2, 0.25) is 5.89 Å². The minimum absolute atomic E-state index is 0.0366. The number of hydrogen-bond acceptors (Lipinski definition) is 5. The van der Waals surface area contributed by atoms with E-state index in [1.165, 1.54) is 0 Å². The van der Waals surface area contributed by atoms with E-state index in [2.05, 4.69) is 20.4 Å². The third-order valence-electron chi connectivity index (χ3n) is 2.25. The van der Waals surface area contributed by atoms with E-state index in [0.717, 1.165) is 12.1 Å². The first-order valence-corrected chi connectivity index (χ1v) is 5.24. The summed E-state index contributed by atoms with van der Waals surface area (Å²) in [6, 6.07) is 3.85. The standard InChI is InChI=1S/C11H14N4O/c1-3-13-10(9-4-6-12-7-5-9)11-14-8(2)16-15-11/h4-7,10,13H,3H2,1-2H3/t10-/m0/s1. The lowest BCUT2D eigenvalue weighted by atomic mass is 10.1. The average molecular weight is 218 g/mol. The van der Waals surface area contributed by atoms with E-state index in [1.807, 2.05) is 19.1 Å². The molecular weight excluding hydrogens is 204 g/mol. The second-order valence-electron chi connectivity index (χ2n) is 3.44. The van der Waals surface area contributed by atoms with Gasteiger partial charge in [-0.15, -0.1) is 0 Å². The highest BCUT2D eigenvalue weighted by atomic mass is 16.5. The SMILES string of the molecule is CCN[C@@H](c1ccncc1)c1noc(C)n1. The lowest BCUT2D eigenvalue weighted by Gasteiger charge is -2.13. The highest BCUT2D eigenvalue weighted by Gasteiger charge is 2.18. The van der Waals surface area contributed by atoms with Gasteiger partial charge in [-0.1, -0.05) is 12.1 Å². The zero-order valence-electron chi connectivity index (χ0n) is 9.34. The number of nitrogens with one attached hydrogen (secondary N) is 1. The highest BCUT2D eigenvalue weighted by Crippen LogP contribution is 2.18. The molecule has 0 saturated heterocycles. The Morgan fingerprint density at radius 1 is 1.38 bits per heavy atom. The van der Waals surface area contributed by atoms with Gasteiger partial charge in [-0.3, -0.25) is 4.98 Å². The van der Waals surface area contributed by atoms with Crippen molar-refractivity contribution in [2.24, 2.45) is 0 Å². The Labute approximate surface area is 93.9 Å². The average Bonchev–Trinajstić information content (AvgIpc) is 2.74. The third-order valence-corrected chi connectivity index (χ3v) is 2.25. The van der Waals surface area contributed by atoms with Crippen molar-refractivity contribution in [1.29, 1.82) is 0 Å². The van der Waals surface area contributed by atoms with Crippen molar-refractivity contribution in [3.8, 4) is 0 Å². The van der Waals surface area contributed by atoms with Crippen LogP contribution in [0.25, 0.3) is 0 Å². The van der Waals surface area contributed by atoms with Crippen LogP contribution >= 0.6 is 0 Å². The van der Waals surface area contributed by atoms with Gasteiger partial charge in [0.05, 0.1) is 6.04 Å². The molecule has 0 unspecified atom stereocenters. The third kappa shape index (κ3) is 2.25. The summed E-state index contributed by atoms with van der Waals surface area (Å²) in [5, 5.41) is 7.26. The second kappa shape index (κ2) is 4.85. The van der Waals surface area contributed by atoms with E-state index in [4.69, 9.17) is 4.52 Å². The van der Waals surface area contributed by atoms with Crippen molar-refractivity contribution in [2.45, 2.75) is 19.9 Å². The Hall–Kier alpha value is -1.75. The van der Waals surface area contributed by atoms with E-state index >= 15 is 0 Å². The molecule has 2 heterocycles. The molecule has 2 aromatic heterocycles. The van der Waals surface area contributed by atoms with Gasteiger partial charge in [-0.2, -0.15) is 4.98 Å². The Balaban J connectivity index is 2.31. The van der Waals surface area contributed by atoms with Crippen molar-refractivity contribution >= 4 is 0 Å². The number of pyridine rings is 1. The topological polar surface area (TPSA) is 63.8 Å². The first-order valence-electron chi connectivity index (χ1n) is 5.24. The quantitative estimate of drug-likeness (QED) is 0.842. The molecule has 0 spiro atoms. The summed E-state index contributed by atoms with van der Waals surface area (Å²) in [6.07, 6.45) is 3.51. The van der Waals surface area contributed by atoms with E-state index in [1.54, 1.807) is 19.3 Å². The van der Waals surface area contributed by atoms with Gasteiger partial charge < -0.3 is 9.84 Å². The Morgan fingerprint density at radius 3 is 2.69 bits per heavy atom. The van der Waals surface area contributed by atoms with Gasteiger partial charge >= 0.3 is 0 Å². The van der Waals surface area contributed by atoms with Crippen molar-refractivity contribution in [3.05, 3.63) is 41.8 Å². The molecule has 0 bridgehead atoms. The minimum atomic E-state index is -0.0366. The normalized spacial score (nSPS) is 12.6. The van der Waals surface area contributed by atoms with Crippen LogP contribution in [0.3, 0.4) is 0 Å². The monoisotopic (exact) mass is 218 g/mol. The fraction of sp³-hybridized carbons (Fsp3) is 0.364. The minimum Gasteiger partial charge on any atom is -0.340 e. The van der Waals surface area contributed by atoms with Gasteiger partial charge in [-0.25, -0.2) is 0 Å². The van der Waals surface area contributed by atoms with Crippen LogP contribution in [0.15, 0.2) is 29.0 Å². The van der Waals surface area contributed by atoms with Crippen LogP contribution in [0, 0.1) is 6.92 Å². The predicted octanol–water partition coefficient (Wildman–Crippen LogP) is 1.47. The molecule has 0 radical (unpaired) electrons. The van der Waals surface area contributed by atoms with Crippen LogP contribution in [0.4, 0.5) is 0 Å². The molecule has 0 aliphatic heterocycles. The molecule has 2 aromatic rings. The van der Waals surface area contributed by atoms with Gasteiger partial charge in [0.1, 0.15) is 0 Å². The van der Waals surface area contributed by atoms with Gasteiger partial charge in [0, 0.05) is 19.3 Å². The van der Waals surface area contributed by atoms with Crippen LogP contribution in [0.5, 0.6) is 0 Å². The number of aryl methyl sites for hydroxylation is 1. The summed E-state index contributed by atoms with van der Waals surface area (Å²) in [5.41, 5.74) is 1.08. The summed E-state index contributed by atoms with van der Waals surface area (Å²) in [4.78, 5) is 8.24. The predicted molar refractivity (Wildman–Crippen MR) is 58.8 cm³/mol. The largest absolute Gasteiger partial charge is 0.340 e. The maximum atomic E-state index is 5.00. The molecule has 1 atom stereocenters. The van der Waals surface area contributed by atoms with Crippen LogP contribution in [0.2, 0.25) is 0 Å². The molecule has 5 heteroatoms. The molecule has 0 fully saturated rings. The highest BCUT2D eigenvalue weighted by molar-refractivity contribution is 5.21. The molecule has 16 heavy (non-hydrogen) atoms. The fourth-order valence-electron chi connectivity index (χ4n) is 1.55. The Kier molecular flexibility index (Phi) is 3.26. The first-order chi connectivity index (χ1) is 7.81. The van der Waals surface area contributed by atoms with Gasteiger partial charge in [0.25, 0.3) is 0 Å². The Morgan fingerprint density at radius 2 is 2.12 bits per heavy atom. The maximum Gasteiger partial charge on any atom is 0.223 e. The van der Waals surface area contributed by atoms with Gasteiger partial charge in [0.15, 0.2) is 5.82 Å². The zero-order valence-corrected chi connectivity index (χ0v) is 9.34. The van der Waals surface area contributed by atoms with Crippen molar-refractivity contribution in [1.82, 2.24) is 20.4 Å². The zero-order chi connectivity index (χ0) is 11.4. The molecular formula is C11H14N4O. The van der Waals surface area contributed by atoms with Gasteiger partial charge in [-0.05, 0) is 24.2 Å². The van der Waals surface area contributed by atoms with E-state index in [0.29, 0.717) is 11.7 Å². The van der Waals surface area contributed by atoms with Crippen LogP contribution in [-0.2, 0) is 0 Å². The second-order valence-corrected chi connectivity index (χ2v) is 3.44. The maximum absolute atomic E-state index is 5.00. The summed E-state index contributed by atoms with van der Waals surface area (Å²) in [5.74, 6) is 1.23. The summed E-state index contributed by atoms with van der Waals surface area (Å²) < 4.78 is 5.00.